The first-order chi connectivity index (χ1) is 8.14. The third kappa shape index (κ3) is 2.10. The van der Waals surface area contributed by atoms with Crippen LogP contribution >= 0.6 is 11.8 Å². The highest BCUT2D eigenvalue weighted by Gasteiger charge is 2.41. The summed E-state index contributed by atoms with van der Waals surface area (Å²) >= 11 is 1.58. The SMILES string of the molecule is COc1cc(C2(O)COC2)c(OC)cc1SC. The lowest BCUT2D eigenvalue weighted by Gasteiger charge is -2.37. The molecule has 1 heterocycles. The summed E-state index contributed by atoms with van der Waals surface area (Å²) in [5.74, 6) is 1.41. The van der Waals surface area contributed by atoms with Crippen molar-refractivity contribution >= 4 is 11.8 Å². The molecular formula is C12H16O4S. The van der Waals surface area contributed by atoms with E-state index in [9.17, 15) is 5.11 Å². The zero-order valence-corrected chi connectivity index (χ0v) is 11.0. The fourth-order valence-corrected chi connectivity index (χ4v) is 2.41. The van der Waals surface area contributed by atoms with E-state index in [0.717, 1.165) is 16.2 Å². The zero-order valence-electron chi connectivity index (χ0n) is 10.1. The third-order valence-electron chi connectivity index (χ3n) is 2.89. The maximum atomic E-state index is 10.3. The van der Waals surface area contributed by atoms with E-state index < -0.39 is 5.60 Å². The summed E-state index contributed by atoms with van der Waals surface area (Å²) in [5.41, 5.74) is -0.226. The van der Waals surface area contributed by atoms with Gasteiger partial charge in [0.15, 0.2) is 0 Å². The minimum atomic E-state index is -0.949. The third-order valence-corrected chi connectivity index (χ3v) is 3.65. The van der Waals surface area contributed by atoms with Crippen LogP contribution in [0.5, 0.6) is 11.5 Å². The van der Waals surface area contributed by atoms with Crippen LogP contribution in [0.15, 0.2) is 17.0 Å². The van der Waals surface area contributed by atoms with Crippen molar-refractivity contribution in [1.82, 2.24) is 0 Å². The van der Waals surface area contributed by atoms with Crippen molar-refractivity contribution in [1.29, 1.82) is 0 Å². The Hall–Kier alpha value is -0.910. The maximum Gasteiger partial charge on any atom is 0.140 e. The van der Waals surface area contributed by atoms with Gasteiger partial charge in [-0.05, 0) is 18.4 Å². The van der Waals surface area contributed by atoms with E-state index >= 15 is 0 Å². The first kappa shape index (κ1) is 12.5. The average molecular weight is 256 g/mol. The quantitative estimate of drug-likeness (QED) is 0.830. The Balaban J connectivity index is 2.49. The standard InChI is InChI=1S/C12H16O4S/c1-14-9-5-11(17-3)10(15-2)4-8(9)12(13)6-16-7-12/h4-5,13H,6-7H2,1-3H3. The summed E-state index contributed by atoms with van der Waals surface area (Å²) in [6.45, 7) is 0.594. The molecule has 2 rings (SSSR count). The molecule has 1 aromatic rings. The van der Waals surface area contributed by atoms with Crippen molar-refractivity contribution in [3.63, 3.8) is 0 Å². The van der Waals surface area contributed by atoms with Crippen LogP contribution in [0, 0.1) is 0 Å². The second kappa shape index (κ2) is 4.76. The Morgan fingerprint density at radius 3 is 2.29 bits per heavy atom. The van der Waals surface area contributed by atoms with Gasteiger partial charge in [-0.3, -0.25) is 0 Å². The minimum absolute atomic E-state index is 0.297. The van der Waals surface area contributed by atoms with Crippen molar-refractivity contribution in [2.75, 3.05) is 33.7 Å². The Labute approximate surface area is 105 Å². The summed E-state index contributed by atoms with van der Waals surface area (Å²) in [6.07, 6.45) is 1.97. The van der Waals surface area contributed by atoms with Crippen molar-refractivity contribution in [3.8, 4) is 11.5 Å². The van der Waals surface area contributed by atoms with Crippen LogP contribution in [0.1, 0.15) is 5.56 Å². The Morgan fingerprint density at radius 1 is 1.24 bits per heavy atom. The normalized spacial score (nSPS) is 17.4. The van der Waals surface area contributed by atoms with Crippen LogP contribution in [0.25, 0.3) is 0 Å². The van der Waals surface area contributed by atoms with Crippen molar-refractivity contribution in [3.05, 3.63) is 17.7 Å². The molecule has 4 nitrogen and oxygen atoms in total. The van der Waals surface area contributed by atoms with Crippen LogP contribution in [0.4, 0.5) is 0 Å². The molecule has 1 aliphatic rings. The van der Waals surface area contributed by atoms with Crippen LogP contribution in [-0.2, 0) is 10.3 Å². The predicted octanol–water partition coefficient (Wildman–Crippen LogP) is 1.64. The van der Waals surface area contributed by atoms with Gasteiger partial charge in [-0.15, -0.1) is 11.8 Å². The largest absolute Gasteiger partial charge is 0.496 e. The van der Waals surface area contributed by atoms with Crippen LogP contribution in [0.2, 0.25) is 0 Å². The molecule has 1 aromatic carbocycles. The molecule has 17 heavy (non-hydrogen) atoms. The van der Waals surface area contributed by atoms with Gasteiger partial charge < -0.3 is 19.3 Å². The molecule has 0 atom stereocenters. The number of rotatable bonds is 4. The number of benzene rings is 1. The average Bonchev–Trinajstić information content (AvgIpc) is 2.34. The summed E-state index contributed by atoms with van der Waals surface area (Å²) in [7, 11) is 3.21. The molecule has 0 aliphatic carbocycles. The van der Waals surface area contributed by atoms with E-state index in [0.29, 0.717) is 19.0 Å². The minimum Gasteiger partial charge on any atom is -0.496 e. The second-order valence-corrected chi connectivity index (χ2v) is 4.78. The Bertz CT molecular complexity index is 415. The molecule has 94 valence electrons. The maximum absolute atomic E-state index is 10.3. The summed E-state index contributed by atoms with van der Waals surface area (Å²) in [4.78, 5) is 0.983. The lowest BCUT2D eigenvalue weighted by Crippen LogP contribution is -2.46. The molecule has 0 amide bonds. The first-order valence-electron chi connectivity index (χ1n) is 5.25. The van der Waals surface area contributed by atoms with Gasteiger partial charge in [0.1, 0.15) is 17.1 Å². The van der Waals surface area contributed by atoms with Gasteiger partial charge in [-0.1, -0.05) is 0 Å². The molecule has 1 N–H and O–H groups in total. The molecule has 1 saturated heterocycles. The molecule has 1 fully saturated rings. The number of hydrogen-bond donors (Lipinski definition) is 1. The van der Waals surface area contributed by atoms with Gasteiger partial charge in [0.25, 0.3) is 0 Å². The van der Waals surface area contributed by atoms with Crippen molar-refractivity contribution in [2.24, 2.45) is 0 Å². The highest BCUT2D eigenvalue weighted by molar-refractivity contribution is 7.98. The van der Waals surface area contributed by atoms with Crippen LogP contribution in [-0.4, -0.2) is 38.8 Å². The van der Waals surface area contributed by atoms with E-state index in [4.69, 9.17) is 14.2 Å². The number of thioether (sulfide) groups is 1. The van der Waals surface area contributed by atoms with Crippen molar-refractivity contribution < 1.29 is 19.3 Å². The van der Waals surface area contributed by atoms with E-state index in [1.165, 1.54) is 0 Å². The molecule has 0 saturated carbocycles. The van der Waals surface area contributed by atoms with Crippen molar-refractivity contribution in [2.45, 2.75) is 10.5 Å². The lowest BCUT2D eigenvalue weighted by atomic mass is 9.91. The second-order valence-electron chi connectivity index (χ2n) is 3.93. The Morgan fingerprint density at radius 2 is 1.88 bits per heavy atom. The summed E-state index contributed by atoms with van der Waals surface area (Å²) in [6, 6.07) is 3.71. The van der Waals surface area contributed by atoms with Crippen LogP contribution < -0.4 is 9.47 Å². The molecule has 0 bridgehead atoms. The van der Waals surface area contributed by atoms with E-state index in [1.807, 2.05) is 18.4 Å². The van der Waals surface area contributed by atoms with E-state index in [2.05, 4.69) is 0 Å². The summed E-state index contributed by atoms with van der Waals surface area (Å²) < 4.78 is 15.7. The van der Waals surface area contributed by atoms with Gasteiger partial charge in [-0.2, -0.15) is 0 Å². The fourth-order valence-electron chi connectivity index (χ4n) is 1.84. The molecule has 0 unspecified atom stereocenters. The number of ether oxygens (including phenoxy) is 3. The fraction of sp³-hybridized carbons (Fsp3) is 0.500. The molecule has 1 aliphatic heterocycles. The highest BCUT2D eigenvalue weighted by Crippen LogP contribution is 2.41. The Kier molecular flexibility index (Phi) is 3.51. The number of methoxy groups -OCH3 is 2. The van der Waals surface area contributed by atoms with Gasteiger partial charge in [0.05, 0.1) is 32.3 Å². The van der Waals surface area contributed by atoms with Gasteiger partial charge in [0.2, 0.25) is 0 Å². The number of aliphatic hydroxyl groups is 1. The van der Waals surface area contributed by atoms with E-state index in [1.54, 1.807) is 26.0 Å². The molecule has 0 radical (unpaired) electrons. The predicted molar refractivity (Wildman–Crippen MR) is 66.0 cm³/mol. The molecule has 0 aromatic heterocycles. The molecule has 5 heteroatoms. The van der Waals surface area contributed by atoms with Gasteiger partial charge >= 0.3 is 0 Å². The smallest absolute Gasteiger partial charge is 0.140 e. The van der Waals surface area contributed by atoms with Gasteiger partial charge in [0, 0.05) is 5.56 Å². The zero-order chi connectivity index (χ0) is 12.5. The molecular weight excluding hydrogens is 240 g/mol. The topological polar surface area (TPSA) is 47.9 Å². The highest BCUT2D eigenvalue weighted by atomic mass is 32.2. The van der Waals surface area contributed by atoms with Gasteiger partial charge in [-0.25, -0.2) is 0 Å². The van der Waals surface area contributed by atoms with Crippen LogP contribution in [0.3, 0.4) is 0 Å². The monoisotopic (exact) mass is 256 g/mol. The van der Waals surface area contributed by atoms with E-state index in [-0.39, 0.29) is 0 Å². The lowest BCUT2D eigenvalue weighted by molar-refractivity contribution is -0.185. The first-order valence-corrected chi connectivity index (χ1v) is 6.47. The summed E-state index contributed by atoms with van der Waals surface area (Å²) in [5, 5.41) is 10.3. The molecule has 0 spiro atoms. The number of hydrogen-bond acceptors (Lipinski definition) is 5.